The number of rotatable bonds is 4. The van der Waals surface area contributed by atoms with Crippen LogP contribution in [0.4, 0.5) is 11.4 Å². The molecule has 0 saturated heterocycles. The summed E-state index contributed by atoms with van der Waals surface area (Å²) in [4.78, 5) is 26.2. The van der Waals surface area contributed by atoms with E-state index < -0.39 is 0 Å². The Hall–Kier alpha value is -2.62. The van der Waals surface area contributed by atoms with Crippen molar-refractivity contribution >= 4 is 23.2 Å². The number of nitrogens with zero attached hydrogens (tertiary/aromatic N) is 1. The Kier molecular flexibility index (Phi) is 4.42. The van der Waals surface area contributed by atoms with Crippen molar-refractivity contribution in [3.63, 3.8) is 0 Å². The highest BCUT2D eigenvalue weighted by molar-refractivity contribution is 6.04. The van der Waals surface area contributed by atoms with Gasteiger partial charge in [0, 0.05) is 17.8 Å². The van der Waals surface area contributed by atoms with Gasteiger partial charge < -0.3 is 10.2 Å². The third-order valence-electron chi connectivity index (χ3n) is 4.17. The zero-order chi connectivity index (χ0) is 16.2. The van der Waals surface area contributed by atoms with Gasteiger partial charge in [-0.05, 0) is 36.1 Å². The molecule has 2 amide bonds. The summed E-state index contributed by atoms with van der Waals surface area (Å²) >= 11 is 0. The second-order valence-electron chi connectivity index (χ2n) is 5.67. The van der Waals surface area contributed by atoms with Gasteiger partial charge in [-0.1, -0.05) is 43.3 Å². The Balaban J connectivity index is 1.76. The molecule has 0 radical (unpaired) electrons. The number of carbonyl (C=O) groups excluding carboxylic acids is 2. The largest absolute Gasteiger partial charge is 0.324 e. The van der Waals surface area contributed by atoms with Crippen molar-refractivity contribution < 1.29 is 9.59 Å². The van der Waals surface area contributed by atoms with Crippen LogP contribution in [0.2, 0.25) is 0 Å². The highest BCUT2D eigenvalue weighted by atomic mass is 16.2. The second kappa shape index (κ2) is 6.65. The highest BCUT2D eigenvalue weighted by Crippen LogP contribution is 2.27. The quantitative estimate of drug-likeness (QED) is 0.943. The van der Waals surface area contributed by atoms with Gasteiger partial charge in [-0.25, -0.2) is 0 Å². The Morgan fingerprint density at radius 3 is 2.65 bits per heavy atom. The molecule has 0 fully saturated rings. The van der Waals surface area contributed by atoms with Crippen LogP contribution < -0.4 is 10.2 Å². The van der Waals surface area contributed by atoms with Crippen molar-refractivity contribution in [2.24, 2.45) is 0 Å². The summed E-state index contributed by atoms with van der Waals surface area (Å²) < 4.78 is 0. The molecule has 0 spiro atoms. The molecule has 0 bridgehead atoms. The molecule has 0 aliphatic carbocycles. The minimum absolute atomic E-state index is 0.00243. The molecule has 2 aromatic rings. The van der Waals surface area contributed by atoms with Crippen molar-refractivity contribution in [3.8, 4) is 0 Å². The molecular weight excluding hydrogens is 288 g/mol. The molecule has 0 unspecified atom stereocenters. The molecule has 2 aromatic carbocycles. The van der Waals surface area contributed by atoms with Gasteiger partial charge in [0.2, 0.25) is 11.8 Å². The summed E-state index contributed by atoms with van der Waals surface area (Å²) in [5.74, 6) is -0.168. The number of amides is 2. The molecule has 23 heavy (non-hydrogen) atoms. The number of hydrogen-bond acceptors (Lipinski definition) is 2. The summed E-state index contributed by atoms with van der Waals surface area (Å²) in [6.45, 7) is 2.10. The average molecular weight is 308 g/mol. The number of para-hydroxylation sites is 2. The van der Waals surface area contributed by atoms with Crippen LogP contribution >= 0.6 is 0 Å². The summed E-state index contributed by atoms with van der Waals surface area (Å²) in [5.41, 5.74) is 3.88. The summed E-state index contributed by atoms with van der Waals surface area (Å²) in [5, 5.41) is 2.93. The van der Waals surface area contributed by atoms with E-state index in [0.717, 1.165) is 35.3 Å². The lowest BCUT2D eigenvalue weighted by Gasteiger charge is -2.28. The maximum atomic E-state index is 12.4. The molecule has 1 aliphatic heterocycles. The van der Waals surface area contributed by atoms with Crippen molar-refractivity contribution in [1.29, 1.82) is 0 Å². The first-order valence-electron chi connectivity index (χ1n) is 7.95. The van der Waals surface area contributed by atoms with E-state index in [1.807, 2.05) is 48.5 Å². The van der Waals surface area contributed by atoms with Gasteiger partial charge >= 0.3 is 0 Å². The molecule has 4 heteroatoms. The monoisotopic (exact) mass is 308 g/mol. The summed E-state index contributed by atoms with van der Waals surface area (Å²) in [6, 6.07) is 15.5. The van der Waals surface area contributed by atoms with Crippen LogP contribution in [0.15, 0.2) is 48.5 Å². The Morgan fingerprint density at radius 2 is 1.83 bits per heavy atom. The van der Waals surface area contributed by atoms with Crippen LogP contribution in [0.1, 0.15) is 24.5 Å². The molecule has 3 rings (SSSR count). The number of anilines is 2. The fourth-order valence-corrected chi connectivity index (χ4v) is 2.95. The molecule has 4 nitrogen and oxygen atoms in total. The third-order valence-corrected chi connectivity index (χ3v) is 4.17. The Bertz CT molecular complexity index is 740. The number of aryl methyl sites for hydroxylation is 2. The van der Waals surface area contributed by atoms with Gasteiger partial charge in [0.1, 0.15) is 6.54 Å². The van der Waals surface area contributed by atoms with Gasteiger partial charge in [0.25, 0.3) is 0 Å². The van der Waals surface area contributed by atoms with Gasteiger partial charge in [-0.15, -0.1) is 0 Å². The predicted octanol–water partition coefficient (Wildman–Crippen LogP) is 3.17. The van der Waals surface area contributed by atoms with E-state index in [0.29, 0.717) is 6.42 Å². The highest BCUT2D eigenvalue weighted by Gasteiger charge is 2.25. The number of nitrogens with one attached hydrogen (secondary N) is 1. The Morgan fingerprint density at radius 1 is 1.09 bits per heavy atom. The van der Waals surface area contributed by atoms with Crippen molar-refractivity contribution in [3.05, 3.63) is 59.7 Å². The second-order valence-corrected chi connectivity index (χ2v) is 5.67. The van der Waals surface area contributed by atoms with Crippen LogP contribution in [0, 0.1) is 0 Å². The maximum absolute atomic E-state index is 12.4. The number of hydrogen-bond donors (Lipinski definition) is 1. The van der Waals surface area contributed by atoms with E-state index in [-0.39, 0.29) is 18.4 Å². The average Bonchev–Trinajstić information content (AvgIpc) is 2.58. The Labute approximate surface area is 136 Å². The van der Waals surface area contributed by atoms with Crippen LogP contribution in [-0.2, 0) is 22.4 Å². The van der Waals surface area contributed by atoms with Crippen molar-refractivity contribution in [1.82, 2.24) is 0 Å². The molecule has 0 saturated carbocycles. The van der Waals surface area contributed by atoms with Gasteiger partial charge in [-0.3, -0.25) is 9.59 Å². The molecular formula is C19H20N2O2. The lowest BCUT2D eigenvalue weighted by Crippen LogP contribution is -2.40. The topological polar surface area (TPSA) is 49.4 Å². The van der Waals surface area contributed by atoms with Crippen LogP contribution in [0.3, 0.4) is 0 Å². The predicted molar refractivity (Wildman–Crippen MR) is 91.6 cm³/mol. The summed E-state index contributed by atoms with van der Waals surface area (Å²) in [6.07, 6.45) is 2.05. The first-order valence-corrected chi connectivity index (χ1v) is 7.95. The van der Waals surface area contributed by atoms with Crippen molar-refractivity contribution in [2.75, 3.05) is 16.8 Å². The standard InChI is InChI=1S/C19H20N2O2/c1-2-14-7-3-5-9-16(14)20-18(22)13-21-17-10-6-4-8-15(17)11-12-19(21)23/h3-10H,2,11-13H2,1H3,(H,20,22). The minimum atomic E-state index is -0.170. The van der Waals surface area contributed by atoms with Gasteiger partial charge in [0.05, 0.1) is 0 Å². The van der Waals surface area contributed by atoms with E-state index in [1.165, 1.54) is 0 Å². The molecule has 0 aromatic heterocycles. The van der Waals surface area contributed by atoms with E-state index >= 15 is 0 Å². The fourth-order valence-electron chi connectivity index (χ4n) is 2.95. The SMILES string of the molecule is CCc1ccccc1NC(=O)CN1C(=O)CCc2ccccc21. The number of fused-ring (bicyclic) bond motifs is 1. The zero-order valence-corrected chi connectivity index (χ0v) is 13.2. The number of carbonyl (C=O) groups is 2. The lowest BCUT2D eigenvalue weighted by atomic mass is 10.0. The number of benzene rings is 2. The minimum Gasteiger partial charge on any atom is -0.324 e. The fraction of sp³-hybridized carbons (Fsp3) is 0.263. The summed E-state index contributed by atoms with van der Waals surface area (Å²) in [7, 11) is 0. The molecule has 1 heterocycles. The maximum Gasteiger partial charge on any atom is 0.244 e. The third kappa shape index (κ3) is 3.26. The lowest BCUT2D eigenvalue weighted by molar-refractivity contribution is -0.121. The smallest absolute Gasteiger partial charge is 0.244 e. The van der Waals surface area contributed by atoms with E-state index in [9.17, 15) is 9.59 Å². The van der Waals surface area contributed by atoms with E-state index in [2.05, 4.69) is 12.2 Å². The van der Waals surface area contributed by atoms with Crippen LogP contribution in [0.25, 0.3) is 0 Å². The van der Waals surface area contributed by atoms with Crippen LogP contribution in [0.5, 0.6) is 0 Å². The first kappa shape index (κ1) is 15.3. The van der Waals surface area contributed by atoms with Crippen LogP contribution in [-0.4, -0.2) is 18.4 Å². The molecule has 1 aliphatic rings. The van der Waals surface area contributed by atoms with Crippen molar-refractivity contribution in [2.45, 2.75) is 26.2 Å². The molecule has 118 valence electrons. The molecule has 0 atom stereocenters. The molecule has 1 N–H and O–H groups in total. The first-order chi connectivity index (χ1) is 11.2. The van der Waals surface area contributed by atoms with E-state index in [4.69, 9.17) is 0 Å². The van der Waals surface area contributed by atoms with Gasteiger partial charge in [-0.2, -0.15) is 0 Å². The normalized spacial score (nSPS) is 13.6. The van der Waals surface area contributed by atoms with E-state index in [1.54, 1.807) is 4.90 Å². The van der Waals surface area contributed by atoms with Gasteiger partial charge in [0.15, 0.2) is 0 Å². The zero-order valence-electron chi connectivity index (χ0n) is 13.2.